The van der Waals surface area contributed by atoms with Gasteiger partial charge in [-0.15, -0.1) is 0 Å². The van der Waals surface area contributed by atoms with Crippen LogP contribution in [0.25, 0.3) is 0 Å². The highest BCUT2D eigenvalue weighted by Crippen LogP contribution is 2.28. The van der Waals surface area contributed by atoms with Gasteiger partial charge >= 0.3 is 0 Å². The Morgan fingerprint density at radius 3 is 2.32 bits per heavy atom. The Bertz CT molecular complexity index is 628. The second-order valence-electron chi connectivity index (χ2n) is 4.71. The van der Waals surface area contributed by atoms with Gasteiger partial charge in [0.2, 0.25) is 6.41 Å². The summed E-state index contributed by atoms with van der Waals surface area (Å²) in [6, 6.07) is 12.9. The maximum absolute atomic E-state index is 11.3. The molecule has 2 aromatic carbocycles. The number of halogens is 1. The van der Waals surface area contributed by atoms with Gasteiger partial charge in [-0.25, -0.2) is 0 Å². The summed E-state index contributed by atoms with van der Waals surface area (Å²) in [5.41, 5.74) is 1.89. The molecule has 116 valence electrons. The SMILES string of the molecule is COc1ccc(CCN(C=O)c2ccc(Cl)cc2)cc1OC. The van der Waals surface area contributed by atoms with E-state index in [4.69, 9.17) is 21.1 Å². The van der Waals surface area contributed by atoms with Crippen molar-refractivity contribution in [2.24, 2.45) is 0 Å². The first-order valence-corrected chi connectivity index (χ1v) is 7.24. The molecule has 4 nitrogen and oxygen atoms in total. The Hall–Kier alpha value is -2.20. The minimum atomic E-state index is 0.570. The van der Waals surface area contributed by atoms with Gasteiger partial charge in [0.25, 0.3) is 0 Å². The zero-order valence-electron chi connectivity index (χ0n) is 12.6. The highest BCUT2D eigenvalue weighted by molar-refractivity contribution is 6.30. The molecular weight excluding hydrogens is 302 g/mol. The lowest BCUT2D eigenvalue weighted by Crippen LogP contribution is -2.23. The molecule has 0 unspecified atom stereocenters. The molecule has 0 saturated heterocycles. The lowest BCUT2D eigenvalue weighted by atomic mass is 10.1. The Balaban J connectivity index is 2.07. The van der Waals surface area contributed by atoms with Crippen molar-refractivity contribution in [2.45, 2.75) is 6.42 Å². The molecule has 0 bridgehead atoms. The van der Waals surface area contributed by atoms with Crippen molar-refractivity contribution in [3.05, 3.63) is 53.1 Å². The van der Waals surface area contributed by atoms with Gasteiger partial charge in [0, 0.05) is 17.3 Å². The topological polar surface area (TPSA) is 38.8 Å². The molecule has 2 aromatic rings. The number of carbonyl (C=O) groups excluding carboxylic acids is 1. The van der Waals surface area contributed by atoms with Crippen LogP contribution in [0.1, 0.15) is 5.56 Å². The van der Waals surface area contributed by atoms with Gasteiger partial charge < -0.3 is 14.4 Å². The molecule has 1 amide bonds. The highest BCUT2D eigenvalue weighted by atomic mass is 35.5. The molecule has 5 heteroatoms. The number of benzene rings is 2. The summed E-state index contributed by atoms with van der Waals surface area (Å²) in [5.74, 6) is 1.38. The van der Waals surface area contributed by atoms with Crippen molar-refractivity contribution >= 4 is 23.7 Å². The summed E-state index contributed by atoms with van der Waals surface area (Å²) in [5, 5.41) is 0.648. The number of anilines is 1. The summed E-state index contributed by atoms with van der Waals surface area (Å²) < 4.78 is 10.5. The molecule has 0 atom stereocenters. The highest BCUT2D eigenvalue weighted by Gasteiger charge is 2.08. The van der Waals surface area contributed by atoms with Gasteiger partial charge in [0.1, 0.15) is 0 Å². The van der Waals surface area contributed by atoms with Gasteiger partial charge in [0.05, 0.1) is 14.2 Å². The van der Waals surface area contributed by atoms with Crippen molar-refractivity contribution < 1.29 is 14.3 Å². The molecule has 2 rings (SSSR count). The number of hydrogen-bond acceptors (Lipinski definition) is 3. The molecule has 0 saturated carbocycles. The van der Waals surface area contributed by atoms with E-state index in [0.29, 0.717) is 29.5 Å². The lowest BCUT2D eigenvalue weighted by molar-refractivity contribution is -0.107. The number of amides is 1. The standard InChI is InChI=1S/C17H18ClNO3/c1-21-16-8-3-13(11-17(16)22-2)9-10-19(12-20)15-6-4-14(18)5-7-15/h3-8,11-12H,9-10H2,1-2H3. The van der Waals surface area contributed by atoms with Crippen LogP contribution in [0, 0.1) is 0 Å². The van der Waals surface area contributed by atoms with Crippen molar-refractivity contribution in [1.29, 1.82) is 0 Å². The van der Waals surface area contributed by atoms with Crippen LogP contribution < -0.4 is 14.4 Å². The molecule has 22 heavy (non-hydrogen) atoms. The van der Waals surface area contributed by atoms with E-state index in [9.17, 15) is 4.79 Å². The van der Waals surface area contributed by atoms with E-state index >= 15 is 0 Å². The minimum Gasteiger partial charge on any atom is -0.493 e. The first-order valence-electron chi connectivity index (χ1n) is 6.86. The molecule has 0 aliphatic rings. The van der Waals surface area contributed by atoms with E-state index in [2.05, 4.69) is 0 Å². The van der Waals surface area contributed by atoms with Crippen molar-refractivity contribution in [2.75, 3.05) is 25.7 Å². The predicted molar refractivity (Wildman–Crippen MR) is 88.1 cm³/mol. The molecule has 0 heterocycles. The molecule has 0 N–H and O–H groups in total. The lowest BCUT2D eigenvalue weighted by Gasteiger charge is -2.18. The summed E-state index contributed by atoms with van der Waals surface area (Å²) in [6.45, 7) is 0.570. The van der Waals surface area contributed by atoms with Crippen molar-refractivity contribution in [1.82, 2.24) is 0 Å². The Labute approximate surface area is 135 Å². The van der Waals surface area contributed by atoms with E-state index in [0.717, 1.165) is 17.7 Å². The minimum absolute atomic E-state index is 0.570. The average molecular weight is 320 g/mol. The number of nitrogens with zero attached hydrogens (tertiary/aromatic N) is 1. The molecule has 0 fully saturated rings. The van der Waals surface area contributed by atoms with Crippen LogP contribution in [0.4, 0.5) is 5.69 Å². The zero-order valence-corrected chi connectivity index (χ0v) is 13.3. The van der Waals surface area contributed by atoms with E-state index in [-0.39, 0.29) is 0 Å². The van der Waals surface area contributed by atoms with Gasteiger partial charge in [-0.2, -0.15) is 0 Å². The number of hydrogen-bond donors (Lipinski definition) is 0. The van der Waals surface area contributed by atoms with Gasteiger partial charge in [0.15, 0.2) is 11.5 Å². The first-order chi connectivity index (χ1) is 10.7. The van der Waals surface area contributed by atoms with Gasteiger partial charge in [-0.05, 0) is 48.4 Å². The smallest absolute Gasteiger partial charge is 0.214 e. The van der Waals surface area contributed by atoms with Gasteiger partial charge in [-0.1, -0.05) is 17.7 Å². The molecule has 0 aliphatic carbocycles. The third kappa shape index (κ3) is 3.92. The van der Waals surface area contributed by atoms with E-state index < -0.39 is 0 Å². The normalized spacial score (nSPS) is 10.1. The third-order valence-corrected chi connectivity index (χ3v) is 3.63. The number of rotatable bonds is 7. The second-order valence-corrected chi connectivity index (χ2v) is 5.15. The largest absolute Gasteiger partial charge is 0.493 e. The zero-order chi connectivity index (χ0) is 15.9. The maximum Gasteiger partial charge on any atom is 0.214 e. The Kier molecular flexibility index (Phi) is 5.67. The summed E-state index contributed by atoms with van der Waals surface area (Å²) in [7, 11) is 3.21. The van der Waals surface area contributed by atoms with Crippen LogP contribution in [0.15, 0.2) is 42.5 Å². The first kappa shape index (κ1) is 16.2. The average Bonchev–Trinajstić information content (AvgIpc) is 2.56. The Morgan fingerprint density at radius 1 is 1.05 bits per heavy atom. The number of methoxy groups -OCH3 is 2. The van der Waals surface area contributed by atoms with Crippen LogP contribution in [-0.4, -0.2) is 27.2 Å². The van der Waals surface area contributed by atoms with E-state index in [1.54, 1.807) is 31.3 Å². The molecule has 0 radical (unpaired) electrons. The molecule has 0 aliphatic heterocycles. The third-order valence-electron chi connectivity index (χ3n) is 3.37. The summed E-state index contributed by atoms with van der Waals surface area (Å²) in [4.78, 5) is 12.9. The molecule has 0 aromatic heterocycles. The van der Waals surface area contributed by atoms with Crippen LogP contribution in [-0.2, 0) is 11.2 Å². The number of ether oxygens (including phenoxy) is 2. The van der Waals surface area contributed by atoms with E-state index in [1.807, 2.05) is 30.3 Å². The maximum atomic E-state index is 11.3. The fourth-order valence-corrected chi connectivity index (χ4v) is 2.29. The Morgan fingerprint density at radius 2 is 1.73 bits per heavy atom. The fourth-order valence-electron chi connectivity index (χ4n) is 2.16. The van der Waals surface area contributed by atoms with Crippen LogP contribution in [0.2, 0.25) is 5.02 Å². The quantitative estimate of drug-likeness (QED) is 0.732. The van der Waals surface area contributed by atoms with Gasteiger partial charge in [-0.3, -0.25) is 4.79 Å². The number of carbonyl (C=O) groups is 1. The molecular formula is C17H18ClNO3. The van der Waals surface area contributed by atoms with Crippen molar-refractivity contribution in [3.63, 3.8) is 0 Å². The van der Waals surface area contributed by atoms with Crippen LogP contribution >= 0.6 is 11.6 Å². The van der Waals surface area contributed by atoms with E-state index in [1.165, 1.54) is 0 Å². The second kappa shape index (κ2) is 7.71. The van der Waals surface area contributed by atoms with Crippen molar-refractivity contribution in [3.8, 4) is 11.5 Å². The fraction of sp³-hybridized carbons (Fsp3) is 0.235. The monoisotopic (exact) mass is 319 g/mol. The van der Waals surface area contributed by atoms with Crippen LogP contribution in [0.5, 0.6) is 11.5 Å². The molecule has 0 spiro atoms. The summed E-state index contributed by atoms with van der Waals surface area (Å²) >= 11 is 5.86. The van der Waals surface area contributed by atoms with Crippen LogP contribution in [0.3, 0.4) is 0 Å². The predicted octanol–water partition coefficient (Wildman–Crippen LogP) is 3.56. The summed E-state index contributed by atoms with van der Waals surface area (Å²) in [6.07, 6.45) is 1.53.